The molecule has 2 N–H and O–H groups in total. The summed E-state index contributed by atoms with van der Waals surface area (Å²) in [5, 5.41) is 0. The van der Waals surface area contributed by atoms with Gasteiger partial charge in [0.15, 0.2) is 0 Å². The average molecular weight is 557 g/mol. The average Bonchev–Trinajstić information content (AvgIpc) is 3.01. The van der Waals surface area contributed by atoms with Gasteiger partial charge in [0.1, 0.15) is 11.6 Å². The summed E-state index contributed by atoms with van der Waals surface area (Å²) in [4.78, 5) is 32.4. The predicted molar refractivity (Wildman–Crippen MR) is 169 cm³/mol. The number of amides is 1. The van der Waals surface area contributed by atoms with Crippen LogP contribution < -0.4 is 15.5 Å². The zero-order valence-corrected chi connectivity index (χ0v) is 25.5. The maximum atomic E-state index is 14.2. The molecule has 0 aromatic carbocycles. The minimum Gasteiger partial charge on any atom is -0.404 e. The van der Waals surface area contributed by atoms with Crippen molar-refractivity contribution in [1.82, 2.24) is 9.97 Å². The number of aliphatic imine (C=N–C) groups is 1. The minimum atomic E-state index is 0.0881. The van der Waals surface area contributed by atoms with Crippen molar-refractivity contribution in [1.29, 1.82) is 0 Å². The van der Waals surface area contributed by atoms with Crippen molar-refractivity contribution in [2.24, 2.45) is 22.1 Å². The molecule has 2 heterocycles. The Morgan fingerprint density at radius 1 is 1.02 bits per heavy atom. The van der Waals surface area contributed by atoms with Crippen molar-refractivity contribution in [3.8, 4) is 0 Å². The van der Waals surface area contributed by atoms with Crippen molar-refractivity contribution >= 4 is 29.3 Å². The second-order valence-corrected chi connectivity index (χ2v) is 13.2. The first-order valence-corrected chi connectivity index (χ1v) is 15.6. The van der Waals surface area contributed by atoms with Crippen LogP contribution in [-0.4, -0.2) is 48.8 Å². The number of carbonyl (C=O) groups excluding carboxylic acids is 1. The molecule has 4 aliphatic carbocycles. The van der Waals surface area contributed by atoms with Crippen molar-refractivity contribution in [2.75, 3.05) is 30.4 Å². The van der Waals surface area contributed by atoms with E-state index < -0.39 is 0 Å². The summed E-state index contributed by atoms with van der Waals surface area (Å²) in [5.41, 5.74) is 9.53. The van der Waals surface area contributed by atoms with Gasteiger partial charge in [0.25, 0.3) is 0 Å². The SMILES string of the molecule is CC(C)N=C/C(=C\N)c1ccnc(N(CC23CCC(c4ccc(N(C)C)nc4)(CC2)CC3)C(=O)C2CCCCC2)c1. The molecule has 41 heavy (non-hydrogen) atoms. The fraction of sp³-hybridized carbons (Fsp3) is 0.588. The lowest BCUT2D eigenvalue weighted by molar-refractivity contribution is -0.124. The van der Waals surface area contributed by atoms with Crippen LogP contribution in [0.4, 0.5) is 11.6 Å². The van der Waals surface area contributed by atoms with Gasteiger partial charge in [0.2, 0.25) is 5.91 Å². The van der Waals surface area contributed by atoms with E-state index in [1.165, 1.54) is 12.0 Å². The van der Waals surface area contributed by atoms with E-state index >= 15 is 0 Å². The van der Waals surface area contributed by atoms with Gasteiger partial charge in [-0.1, -0.05) is 25.3 Å². The number of hydrogen-bond donors (Lipinski definition) is 1. The molecule has 220 valence electrons. The Hall–Kier alpha value is -3.22. The van der Waals surface area contributed by atoms with Crippen LogP contribution in [0.1, 0.15) is 95.6 Å². The first-order valence-electron chi connectivity index (χ1n) is 15.6. The maximum Gasteiger partial charge on any atom is 0.231 e. The van der Waals surface area contributed by atoms with Crippen molar-refractivity contribution in [2.45, 2.75) is 95.9 Å². The van der Waals surface area contributed by atoms with E-state index in [1.54, 1.807) is 6.20 Å². The van der Waals surface area contributed by atoms with E-state index in [2.05, 4.69) is 33.1 Å². The highest BCUT2D eigenvalue weighted by atomic mass is 16.2. The normalized spacial score (nSPS) is 25.1. The number of nitrogens with two attached hydrogens (primary N) is 1. The molecule has 0 radical (unpaired) electrons. The van der Waals surface area contributed by atoms with E-state index in [4.69, 9.17) is 15.7 Å². The third kappa shape index (κ3) is 6.34. The molecule has 2 aromatic heterocycles. The van der Waals surface area contributed by atoms with Crippen LogP contribution in [0.15, 0.2) is 47.9 Å². The summed E-state index contributed by atoms with van der Waals surface area (Å²) in [7, 11) is 4.07. The zero-order chi connectivity index (χ0) is 29.0. The van der Waals surface area contributed by atoms with E-state index in [-0.39, 0.29) is 28.7 Å². The lowest BCUT2D eigenvalue weighted by Crippen LogP contribution is -2.51. The van der Waals surface area contributed by atoms with Gasteiger partial charge in [-0.2, -0.15) is 0 Å². The molecule has 4 aliphatic rings. The van der Waals surface area contributed by atoms with Crippen LogP contribution in [0, 0.1) is 11.3 Å². The number of anilines is 2. The monoisotopic (exact) mass is 556 g/mol. The molecule has 0 spiro atoms. The Balaban J connectivity index is 1.39. The third-order valence-corrected chi connectivity index (χ3v) is 9.98. The molecule has 0 aliphatic heterocycles. The summed E-state index contributed by atoms with van der Waals surface area (Å²) < 4.78 is 0. The van der Waals surface area contributed by atoms with E-state index in [1.807, 2.05) is 52.5 Å². The Morgan fingerprint density at radius 2 is 1.73 bits per heavy atom. The molecule has 7 nitrogen and oxygen atoms in total. The Morgan fingerprint density at radius 3 is 2.32 bits per heavy atom. The maximum absolute atomic E-state index is 14.2. The first kappa shape index (κ1) is 29.3. The van der Waals surface area contributed by atoms with Gasteiger partial charge < -0.3 is 10.6 Å². The number of rotatable bonds is 9. The number of allylic oxidation sites excluding steroid dienone is 1. The fourth-order valence-electron chi connectivity index (χ4n) is 7.26. The summed E-state index contributed by atoms with van der Waals surface area (Å²) in [6.07, 6.45) is 19.7. The highest BCUT2D eigenvalue weighted by Gasteiger charge is 2.50. The Kier molecular flexibility index (Phi) is 8.81. The number of aromatic nitrogens is 2. The highest BCUT2D eigenvalue weighted by Crippen LogP contribution is 2.58. The predicted octanol–water partition coefficient (Wildman–Crippen LogP) is 6.53. The highest BCUT2D eigenvalue weighted by molar-refractivity contribution is 6.10. The van der Waals surface area contributed by atoms with Crippen LogP contribution in [0.5, 0.6) is 0 Å². The minimum absolute atomic E-state index is 0.0881. The third-order valence-electron chi connectivity index (χ3n) is 9.98. The van der Waals surface area contributed by atoms with Crippen molar-refractivity contribution in [3.05, 3.63) is 54.0 Å². The van der Waals surface area contributed by atoms with E-state index in [9.17, 15) is 4.79 Å². The number of carbonyl (C=O) groups is 1. The molecule has 7 heteroatoms. The number of hydrogen-bond acceptors (Lipinski definition) is 6. The largest absolute Gasteiger partial charge is 0.404 e. The van der Waals surface area contributed by atoms with Gasteiger partial charge in [-0.15, -0.1) is 0 Å². The lowest BCUT2D eigenvalue weighted by atomic mass is 9.52. The standard InChI is InChI=1S/C34H48N6O/c1-25(2)37-22-28(21-35)27-12-19-36-31(20-27)40(32(41)26-8-6-5-7-9-26)24-33-13-16-34(17-14-33,18-15-33)29-10-11-30(38-23-29)39(3)4/h10-12,19-23,25-26H,5-9,13-18,24,35H2,1-4H3/b28-21+,37-22?. The summed E-state index contributed by atoms with van der Waals surface area (Å²) in [6, 6.07) is 8.62. The second-order valence-electron chi connectivity index (χ2n) is 13.2. The van der Waals surface area contributed by atoms with Crippen LogP contribution in [0.25, 0.3) is 5.57 Å². The van der Waals surface area contributed by atoms with Crippen molar-refractivity contribution < 1.29 is 4.79 Å². The summed E-state index contributed by atoms with van der Waals surface area (Å²) in [6.45, 7) is 4.84. The van der Waals surface area contributed by atoms with Gasteiger partial charge in [-0.05, 0) is 105 Å². The molecule has 0 unspecified atom stereocenters. The molecule has 1 amide bonds. The van der Waals surface area contributed by atoms with E-state index in [0.717, 1.165) is 93.5 Å². The van der Waals surface area contributed by atoms with Gasteiger partial charge in [0, 0.05) is 63.0 Å². The molecular formula is C34H48N6O. The van der Waals surface area contributed by atoms with Gasteiger partial charge in [-0.25, -0.2) is 9.97 Å². The smallest absolute Gasteiger partial charge is 0.231 e. The zero-order valence-electron chi connectivity index (χ0n) is 25.5. The summed E-state index contributed by atoms with van der Waals surface area (Å²) >= 11 is 0. The molecular weight excluding hydrogens is 508 g/mol. The van der Waals surface area contributed by atoms with Gasteiger partial charge >= 0.3 is 0 Å². The fourth-order valence-corrected chi connectivity index (χ4v) is 7.26. The molecule has 6 rings (SSSR count). The lowest BCUT2D eigenvalue weighted by Gasteiger charge is -2.55. The Labute approximate surface area is 246 Å². The topological polar surface area (TPSA) is 87.7 Å². The van der Waals surface area contributed by atoms with E-state index in [0.29, 0.717) is 0 Å². The van der Waals surface area contributed by atoms with Gasteiger partial charge in [0.05, 0.1) is 0 Å². The molecule has 4 fully saturated rings. The van der Waals surface area contributed by atoms with Crippen LogP contribution >= 0.6 is 0 Å². The van der Waals surface area contributed by atoms with Gasteiger partial charge in [-0.3, -0.25) is 14.7 Å². The number of fused-ring (bicyclic) bond motifs is 3. The first-order chi connectivity index (χ1) is 19.7. The molecule has 2 bridgehead atoms. The molecule has 0 atom stereocenters. The van der Waals surface area contributed by atoms with Crippen LogP contribution in [0.2, 0.25) is 0 Å². The van der Waals surface area contributed by atoms with Crippen LogP contribution in [-0.2, 0) is 10.2 Å². The van der Waals surface area contributed by atoms with Crippen molar-refractivity contribution in [3.63, 3.8) is 0 Å². The Bertz CT molecular complexity index is 1230. The molecule has 0 saturated heterocycles. The number of pyridine rings is 2. The quantitative estimate of drug-likeness (QED) is 0.355. The second kappa shape index (κ2) is 12.3. The molecule has 4 saturated carbocycles. The molecule has 2 aromatic rings. The number of nitrogens with zero attached hydrogens (tertiary/aromatic N) is 5. The summed E-state index contributed by atoms with van der Waals surface area (Å²) in [5.74, 6) is 2.09. The van der Waals surface area contributed by atoms with Crippen LogP contribution in [0.3, 0.4) is 0 Å².